The second-order valence-electron chi connectivity index (χ2n) is 8.17. The zero-order valence-corrected chi connectivity index (χ0v) is 19.0. The Hall–Kier alpha value is -3.25. The number of para-hydroxylation sites is 1. The van der Waals surface area contributed by atoms with E-state index >= 15 is 0 Å². The quantitative estimate of drug-likeness (QED) is 0.641. The summed E-state index contributed by atoms with van der Waals surface area (Å²) in [6, 6.07) is 19.5. The van der Waals surface area contributed by atoms with Gasteiger partial charge in [0.2, 0.25) is 0 Å². The van der Waals surface area contributed by atoms with E-state index in [9.17, 15) is 9.90 Å². The second kappa shape index (κ2) is 9.49. The lowest BCUT2D eigenvalue weighted by molar-refractivity contribution is 0.207. The molecule has 1 aromatic heterocycles. The summed E-state index contributed by atoms with van der Waals surface area (Å²) in [6.07, 6.45) is 0. The summed E-state index contributed by atoms with van der Waals surface area (Å²) in [5, 5.41) is 10.9. The molecule has 1 saturated heterocycles. The summed E-state index contributed by atoms with van der Waals surface area (Å²) in [4.78, 5) is 18.1. The molecule has 1 aliphatic heterocycles. The van der Waals surface area contributed by atoms with Crippen LogP contribution in [0.15, 0.2) is 65.5 Å². The molecule has 0 amide bonds. The molecule has 4 rings (SSSR count). The van der Waals surface area contributed by atoms with Crippen LogP contribution in [0.2, 0.25) is 0 Å². The first-order valence-corrected chi connectivity index (χ1v) is 11.1. The lowest BCUT2D eigenvalue weighted by Crippen LogP contribution is -2.49. The van der Waals surface area contributed by atoms with Crippen LogP contribution in [0.1, 0.15) is 29.8 Å². The smallest absolute Gasteiger partial charge is 0.259 e. The predicted molar refractivity (Wildman–Crippen MR) is 128 cm³/mol. The van der Waals surface area contributed by atoms with Gasteiger partial charge >= 0.3 is 0 Å². The summed E-state index contributed by atoms with van der Waals surface area (Å²) in [6.45, 7) is 7.61. The number of methoxy groups -OCH3 is 1. The molecule has 168 valence electrons. The molecule has 6 heteroatoms. The van der Waals surface area contributed by atoms with Crippen LogP contribution in [0, 0.1) is 6.92 Å². The van der Waals surface area contributed by atoms with Gasteiger partial charge in [0.1, 0.15) is 11.5 Å². The molecule has 2 aromatic carbocycles. The largest absolute Gasteiger partial charge is 0.507 e. The average molecular weight is 434 g/mol. The number of benzene rings is 2. The Morgan fingerprint density at radius 3 is 2.38 bits per heavy atom. The van der Waals surface area contributed by atoms with Gasteiger partial charge in [-0.3, -0.25) is 9.69 Å². The molecule has 1 fully saturated rings. The molecule has 3 aromatic rings. The second-order valence-corrected chi connectivity index (χ2v) is 8.17. The van der Waals surface area contributed by atoms with E-state index < -0.39 is 0 Å². The van der Waals surface area contributed by atoms with Crippen molar-refractivity contribution in [3.8, 4) is 11.5 Å². The first kappa shape index (κ1) is 22.0. The summed E-state index contributed by atoms with van der Waals surface area (Å²) in [5.74, 6) is 0.786. The fourth-order valence-electron chi connectivity index (χ4n) is 4.67. The molecule has 0 radical (unpaired) electrons. The molecule has 0 spiro atoms. The average Bonchev–Trinajstić information content (AvgIpc) is 2.82. The molecule has 1 atom stereocenters. The van der Waals surface area contributed by atoms with Crippen molar-refractivity contribution in [2.45, 2.75) is 26.4 Å². The van der Waals surface area contributed by atoms with Gasteiger partial charge in [-0.1, -0.05) is 30.3 Å². The van der Waals surface area contributed by atoms with E-state index in [1.165, 1.54) is 5.69 Å². The lowest BCUT2D eigenvalue weighted by Gasteiger charge is -2.40. The minimum atomic E-state index is -0.353. The zero-order valence-electron chi connectivity index (χ0n) is 19.0. The number of hydrogen-bond acceptors (Lipinski definition) is 5. The van der Waals surface area contributed by atoms with Crippen molar-refractivity contribution in [1.82, 2.24) is 9.47 Å². The molecular weight excluding hydrogens is 402 g/mol. The number of rotatable bonds is 6. The van der Waals surface area contributed by atoms with Crippen molar-refractivity contribution in [3.05, 3.63) is 87.8 Å². The zero-order chi connectivity index (χ0) is 22.7. The van der Waals surface area contributed by atoms with Gasteiger partial charge in [0, 0.05) is 44.1 Å². The van der Waals surface area contributed by atoms with Crippen molar-refractivity contribution in [2.75, 3.05) is 38.2 Å². The Kier molecular flexibility index (Phi) is 6.51. The highest BCUT2D eigenvalue weighted by Crippen LogP contribution is 2.35. The molecule has 6 nitrogen and oxygen atoms in total. The Morgan fingerprint density at radius 1 is 1.00 bits per heavy atom. The van der Waals surface area contributed by atoms with Crippen LogP contribution in [-0.4, -0.2) is 47.9 Å². The number of aryl methyl sites for hydroxylation is 1. The summed E-state index contributed by atoms with van der Waals surface area (Å²) in [5.41, 5.74) is 3.20. The van der Waals surface area contributed by atoms with Crippen LogP contribution in [0.5, 0.6) is 11.5 Å². The van der Waals surface area contributed by atoms with Gasteiger partial charge in [0.15, 0.2) is 0 Å². The van der Waals surface area contributed by atoms with Gasteiger partial charge in [-0.15, -0.1) is 0 Å². The maximum absolute atomic E-state index is 13.5. The SMILES string of the molecule is CCn1c(C)cc(O)c([C@H](c2cccc(OC)c2)N2CCN(c3ccccc3)CC2)c1=O. The van der Waals surface area contributed by atoms with Crippen LogP contribution >= 0.6 is 0 Å². The molecule has 0 aliphatic carbocycles. The third kappa shape index (κ3) is 4.23. The monoisotopic (exact) mass is 433 g/mol. The van der Waals surface area contributed by atoms with Gasteiger partial charge < -0.3 is 19.3 Å². The van der Waals surface area contributed by atoms with Gasteiger partial charge in [0.05, 0.1) is 18.7 Å². The molecule has 2 heterocycles. The van der Waals surface area contributed by atoms with Gasteiger partial charge in [-0.05, 0) is 49.7 Å². The first-order chi connectivity index (χ1) is 15.5. The van der Waals surface area contributed by atoms with Crippen LogP contribution in [0.4, 0.5) is 5.69 Å². The number of aromatic hydroxyl groups is 1. The Balaban J connectivity index is 1.74. The summed E-state index contributed by atoms with van der Waals surface area (Å²) < 4.78 is 7.18. The van der Waals surface area contributed by atoms with E-state index in [0.29, 0.717) is 12.1 Å². The minimum absolute atomic E-state index is 0.0514. The molecule has 0 saturated carbocycles. The number of ether oxygens (including phenoxy) is 1. The number of nitrogens with zero attached hydrogens (tertiary/aromatic N) is 3. The van der Waals surface area contributed by atoms with Crippen molar-refractivity contribution < 1.29 is 9.84 Å². The van der Waals surface area contributed by atoms with Crippen molar-refractivity contribution in [1.29, 1.82) is 0 Å². The van der Waals surface area contributed by atoms with Crippen LogP contribution in [-0.2, 0) is 6.54 Å². The third-order valence-corrected chi connectivity index (χ3v) is 6.32. The number of aromatic nitrogens is 1. The highest BCUT2D eigenvalue weighted by molar-refractivity contribution is 5.47. The van der Waals surface area contributed by atoms with Gasteiger partial charge in [0.25, 0.3) is 5.56 Å². The van der Waals surface area contributed by atoms with Gasteiger partial charge in [-0.2, -0.15) is 0 Å². The number of pyridine rings is 1. The topological polar surface area (TPSA) is 57.9 Å². The van der Waals surface area contributed by atoms with Crippen molar-refractivity contribution >= 4 is 5.69 Å². The summed E-state index contributed by atoms with van der Waals surface area (Å²) in [7, 11) is 1.64. The molecular formula is C26H31N3O3. The Labute approximate surface area is 189 Å². The van der Waals surface area contributed by atoms with E-state index in [-0.39, 0.29) is 17.4 Å². The minimum Gasteiger partial charge on any atom is -0.507 e. The third-order valence-electron chi connectivity index (χ3n) is 6.32. The highest BCUT2D eigenvalue weighted by atomic mass is 16.5. The van der Waals surface area contributed by atoms with E-state index in [1.54, 1.807) is 17.7 Å². The number of piperazine rings is 1. The summed E-state index contributed by atoms with van der Waals surface area (Å²) >= 11 is 0. The molecule has 32 heavy (non-hydrogen) atoms. The maximum Gasteiger partial charge on any atom is 0.259 e. The standard InChI is InChI=1S/C26H31N3O3/c1-4-29-19(2)17-23(30)24(26(29)31)25(20-9-8-12-22(18-20)32-3)28-15-13-27(14-16-28)21-10-6-5-7-11-21/h5-12,17-18,25,30H,4,13-16H2,1-3H3/t25-/m0/s1. The van der Waals surface area contributed by atoms with Crippen molar-refractivity contribution in [3.63, 3.8) is 0 Å². The molecule has 0 unspecified atom stereocenters. The number of anilines is 1. The Bertz CT molecular complexity index is 1120. The van der Waals surface area contributed by atoms with E-state index in [1.807, 2.05) is 44.2 Å². The van der Waals surface area contributed by atoms with Gasteiger partial charge in [-0.25, -0.2) is 0 Å². The first-order valence-electron chi connectivity index (χ1n) is 11.1. The van der Waals surface area contributed by atoms with E-state index in [4.69, 9.17) is 4.74 Å². The fraction of sp³-hybridized carbons (Fsp3) is 0.346. The predicted octanol–water partition coefficient (Wildman–Crippen LogP) is 3.80. The normalized spacial score (nSPS) is 15.5. The number of hydrogen-bond donors (Lipinski definition) is 1. The van der Waals surface area contributed by atoms with E-state index in [0.717, 1.165) is 43.2 Å². The van der Waals surface area contributed by atoms with Crippen LogP contribution in [0.3, 0.4) is 0 Å². The molecule has 1 N–H and O–H groups in total. The van der Waals surface area contributed by atoms with Crippen LogP contribution in [0.25, 0.3) is 0 Å². The highest BCUT2D eigenvalue weighted by Gasteiger charge is 2.31. The molecule has 0 bridgehead atoms. The molecule has 1 aliphatic rings. The fourth-order valence-corrected chi connectivity index (χ4v) is 4.67. The Morgan fingerprint density at radius 2 is 1.72 bits per heavy atom. The lowest BCUT2D eigenvalue weighted by atomic mass is 9.95. The van der Waals surface area contributed by atoms with Crippen LogP contribution < -0.4 is 15.2 Å². The van der Waals surface area contributed by atoms with Crippen molar-refractivity contribution in [2.24, 2.45) is 0 Å². The van der Waals surface area contributed by atoms with E-state index in [2.05, 4.69) is 34.1 Å². The maximum atomic E-state index is 13.5.